The number of pyridine rings is 1. The van der Waals surface area contributed by atoms with Gasteiger partial charge in [-0.05, 0) is 38.0 Å². The second-order valence-corrected chi connectivity index (χ2v) is 8.88. The van der Waals surface area contributed by atoms with Gasteiger partial charge in [-0.3, -0.25) is 0 Å². The van der Waals surface area contributed by atoms with Crippen molar-refractivity contribution in [3.8, 4) is 11.3 Å². The van der Waals surface area contributed by atoms with Crippen molar-refractivity contribution in [2.45, 2.75) is 59.1 Å². The van der Waals surface area contributed by atoms with Gasteiger partial charge in [0.25, 0.3) is 0 Å². The second-order valence-electron chi connectivity index (χ2n) is 8.12. The Morgan fingerprint density at radius 2 is 1.90 bits per heavy atom. The summed E-state index contributed by atoms with van der Waals surface area (Å²) in [6.07, 6.45) is 7.18. The quantitative estimate of drug-likeness (QED) is 0.645. The van der Waals surface area contributed by atoms with Crippen LogP contribution in [0.2, 0.25) is 10.0 Å². The van der Waals surface area contributed by atoms with Crippen LogP contribution in [0.15, 0.2) is 6.20 Å². The van der Waals surface area contributed by atoms with E-state index < -0.39 is 0 Å². The minimum Gasteiger partial charge on any atom is -0.390 e. The highest BCUT2D eigenvalue weighted by Crippen LogP contribution is 2.46. The van der Waals surface area contributed by atoms with E-state index in [1.165, 1.54) is 19.0 Å². The van der Waals surface area contributed by atoms with Gasteiger partial charge in [-0.2, -0.15) is 0 Å². The van der Waals surface area contributed by atoms with E-state index in [2.05, 4.69) is 14.9 Å². The molecule has 2 fully saturated rings. The molecule has 1 aliphatic heterocycles. The molecule has 1 saturated heterocycles. The first-order valence-corrected chi connectivity index (χ1v) is 10.7. The molecule has 1 spiro atoms. The second kappa shape index (κ2) is 8.83. The van der Waals surface area contributed by atoms with Gasteiger partial charge in [0.2, 0.25) is 0 Å². The van der Waals surface area contributed by atoms with Gasteiger partial charge in [0.1, 0.15) is 16.5 Å². The summed E-state index contributed by atoms with van der Waals surface area (Å²) in [6, 6.07) is 0.294. The molecule has 9 heteroatoms. The third kappa shape index (κ3) is 3.84. The zero-order valence-electron chi connectivity index (χ0n) is 16.5. The third-order valence-electron chi connectivity index (χ3n) is 6.55. The molecule has 0 amide bonds. The van der Waals surface area contributed by atoms with Crippen molar-refractivity contribution >= 4 is 34.8 Å². The van der Waals surface area contributed by atoms with Crippen molar-refractivity contribution < 1.29 is 5.11 Å². The van der Waals surface area contributed by atoms with Gasteiger partial charge in [0.15, 0.2) is 5.82 Å². The highest BCUT2D eigenvalue weighted by molar-refractivity contribution is 6.45. The SMILES string of the molecule is C.Cc1nc(N2CCC3(CCC[C@H]3N)CC2)c(CO)nc1-c1cnc(N)c(Cl)c1Cl. The van der Waals surface area contributed by atoms with Crippen LogP contribution >= 0.6 is 23.2 Å². The first-order valence-electron chi connectivity index (χ1n) is 9.95. The fraction of sp³-hybridized carbons (Fsp3) is 0.571. The van der Waals surface area contributed by atoms with Crippen LogP contribution < -0.4 is 16.4 Å². The van der Waals surface area contributed by atoms with Crippen molar-refractivity contribution in [1.29, 1.82) is 0 Å². The largest absolute Gasteiger partial charge is 0.390 e. The number of nitrogens with two attached hydrogens (primary N) is 2. The Hall–Kier alpha value is -1.67. The molecule has 2 aromatic rings. The molecule has 1 aliphatic carbocycles. The van der Waals surface area contributed by atoms with Crippen LogP contribution in [0.25, 0.3) is 11.3 Å². The van der Waals surface area contributed by atoms with Crippen LogP contribution in [-0.4, -0.2) is 39.2 Å². The van der Waals surface area contributed by atoms with E-state index in [0.29, 0.717) is 28.7 Å². The molecule has 2 aliphatic rings. The summed E-state index contributed by atoms with van der Waals surface area (Å²) >= 11 is 12.5. The van der Waals surface area contributed by atoms with Crippen LogP contribution in [0.3, 0.4) is 0 Å². The van der Waals surface area contributed by atoms with Crippen molar-refractivity contribution in [3.05, 3.63) is 27.6 Å². The summed E-state index contributed by atoms with van der Waals surface area (Å²) in [5.74, 6) is 0.887. The van der Waals surface area contributed by atoms with E-state index in [4.69, 9.17) is 39.7 Å². The monoisotopic (exact) mass is 452 g/mol. The Labute approximate surface area is 187 Å². The fourth-order valence-electron chi connectivity index (χ4n) is 4.75. The van der Waals surface area contributed by atoms with E-state index in [-0.39, 0.29) is 35.3 Å². The van der Waals surface area contributed by atoms with Gasteiger partial charge in [-0.25, -0.2) is 15.0 Å². The number of aliphatic hydroxyl groups excluding tert-OH is 1. The van der Waals surface area contributed by atoms with E-state index >= 15 is 0 Å². The lowest BCUT2D eigenvalue weighted by Gasteiger charge is -2.42. The van der Waals surface area contributed by atoms with Crippen LogP contribution in [0.4, 0.5) is 11.6 Å². The summed E-state index contributed by atoms with van der Waals surface area (Å²) in [5, 5.41) is 10.5. The number of nitrogens with zero attached hydrogens (tertiary/aromatic N) is 4. The summed E-state index contributed by atoms with van der Waals surface area (Å²) in [4.78, 5) is 15.7. The maximum atomic E-state index is 9.98. The third-order valence-corrected chi connectivity index (χ3v) is 7.42. The van der Waals surface area contributed by atoms with Crippen molar-refractivity contribution in [1.82, 2.24) is 15.0 Å². The zero-order valence-corrected chi connectivity index (χ0v) is 18.0. The lowest BCUT2D eigenvalue weighted by molar-refractivity contribution is 0.196. The standard InChI is InChI=1S/C20H26Cl2N6O.CH4/c1-11-17(12-9-25-18(24)16(22)15(12)21)27-13(10-29)19(26-11)28-7-5-20(6-8-28)4-2-3-14(20)23;/h9,14,29H,2-8,10,23H2,1H3,(H2,24,25);1H4/t14-;/m1./s1. The maximum absolute atomic E-state index is 9.98. The van der Waals surface area contributed by atoms with Gasteiger partial charge < -0.3 is 21.5 Å². The minimum atomic E-state index is -0.218. The predicted molar refractivity (Wildman–Crippen MR) is 123 cm³/mol. The fourth-order valence-corrected chi connectivity index (χ4v) is 5.14. The van der Waals surface area contributed by atoms with Crippen LogP contribution in [0.1, 0.15) is 50.9 Å². The number of rotatable bonds is 3. The average Bonchev–Trinajstić information content (AvgIpc) is 3.07. The number of hydrogen-bond acceptors (Lipinski definition) is 7. The van der Waals surface area contributed by atoms with Gasteiger partial charge in [0, 0.05) is 30.9 Å². The molecule has 0 bridgehead atoms. The van der Waals surface area contributed by atoms with E-state index in [0.717, 1.165) is 38.2 Å². The number of anilines is 2. The Morgan fingerprint density at radius 1 is 1.20 bits per heavy atom. The molecule has 1 saturated carbocycles. The lowest BCUT2D eigenvalue weighted by atomic mass is 9.74. The van der Waals surface area contributed by atoms with Gasteiger partial charge >= 0.3 is 0 Å². The van der Waals surface area contributed by atoms with E-state index in [1.54, 1.807) is 0 Å². The summed E-state index contributed by atoms with van der Waals surface area (Å²) < 4.78 is 0. The molecule has 30 heavy (non-hydrogen) atoms. The molecule has 0 unspecified atom stereocenters. The number of aryl methyl sites for hydroxylation is 1. The number of piperidine rings is 1. The van der Waals surface area contributed by atoms with Crippen LogP contribution in [0.5, 0.6) is 0 Å². The zero-order chi connectivity index (χ0) is 20.8. The number of aliphatic hydroxyl groups is 1. The summed E-state index contributed by atoms with van der Waals surface area (Å²) in [7, 11) is 0. The number of nitrogen functional groups attached to an aromatic ring is 1. The minimum absolute atomic E-state index is 0. The first-order chi connectivity index (χ1) is 13.9. The summed E-state index contributed by atoms with van der Waals surface area (Å²) in [5.41, 5.74) is 14.7. The summed E-state index contributed by atoms with van der Waals surface area (Å²) in [6.45, 7) is 3.38. The molecular formula is C21H30Cl2N6O. The normalized spacial score (nSPS) is 20.4. The first kappa shape index (κ1) is 23.0. The smallest absolute Gasteiger partial charge is 0.153 e. The Kier molecular flexibility index (Phi) is 6.77. The lowest BCUT2D eigenvalue weighted by Crippen LogP contribution is -2.47. The van der Waals surface area contributed by atoms with E-state index in [1.807, 2.05) is 6.92 Å². The Morgan fingerprint density at radius 3 is 2.50 bits per heavy atom. The van der Waals surface area contributed by atoms with Gasteiger partial charge in [-0.15, -0.1) is 0 Å². The van der Waals surface area contributed by atoms with Gasteiger partial charge in [-0.1, -0.05) is 37.0 Å². The molecule has 2 aromatic heterocycles. The topological polar surface area (TPSA) is 114 Å². The molecule has 1 atom stereocenters. The van der Waals surface area contributed by atoms with Crippen LogP contribution in [0, 0.1) is 12.3 Å². The molecular weight excluding hydrogens is 423 g/mol. The van der Waals surface area contributed by atoms with Gasteiger partial charge in [0.05, 0.1) is 23.0 Å². The molecule has 0 aromatic carbocycles. The molecule has 5 N–H and O–H groups in total. The predicted octanol–water partition coefficient (Wildman–Crippen LogP) is 3.96. The maximum Gasteiger partial charge on any atom is 0.153 e. The highest BCUT2D eigenvalue weighted by atomic mass is 35.5. The molecule has 4 rings (SSSR count). The highest BCUT2D eigenvalue weighted by Gasteiger charge is 2.43. The average molecular weight is 453 g/mol. The Bertz CT molecular complexity index is 930. The van der Waals surface area contributed by atoms with Crippen LogP contribution in [-0.2, 0) is 6.61 Å². The molecule has 3 heterocycles. The Balaban J connectivity index is 0.00000256. The molecule has 7 nitrogen and oxygen atoms in total. The molecule has 0 radical (unpaired) electrons. The number of halogens is 2. The number of aromatic nitrogens is 3. The van der Waals surface area contributed by atoms with Crippen molar-refractivity contribution in [2.24, 2.45) is 11.1 Å². The van der Waals surface area contributed by atoms with Crippen molar-refractivity contribution in [3.63, 3.8) is 0 Å². The van der Waals surface area contributed by atoms with E-state index in [9.17, 15) is 5.11 Å². The van der Waals surface area contributed by atoms with Crippen molar-refractivity contribution in [2.75, 3.05) is 23.7 Å². The number of hydrogen-bond donors (Lipinski definition) is 3. The molecule has 164 valence electrons.